The van der Waals surface area contributed by atoms with Gasteiger partial charge in [-0.1, -0.05) is 18.2 Å². The molecule has 0 aliphatic rings. The number of aromatic nitrogens is 4. The molecule has 0 amide bonds. The molecule has 0 bridgehead atoms. The Balaban J connectivity index is 1.95. The second kappa shape index (κ2) is 3.86. The average molecular weight is 225 g/mol. The number of aromatic amines is 1. The van der Waals surface area contributed by atoms with Gasteiger partial charge in [0.2, 0.25) is 5.95 Å². The van der Waals surface area contributed by atoms with Gasteiger partial charge < -0.3 is 10.3 Å². The number of fused-ring (bicyclic) bond motifs is 1. The summed E-state index contributed by atoms with van der Waals surface area (Å²) in [4.78, 5) is 15.9. The first-order valence-electron chi connectivity index (χ1n) is 5.33. The maximum Gasteiger partial charge on any atom is 0.229 e. The van der Waals surface area contributed by atoms with Gasteiger partial charge in [0, 0.05) is 5.69 Å². The van der Waals surface area contributed by atoms with E-state index in [2.05, 4.69) is 25.3 Å². The number of benzene rings is 1. The van der Waals surface area contributed by atoms with E-state index >= 15 is 0 Å². The molecule has 0 aliphatic carbocycles. The van der Waals surface area contributed by atoms with Crippen molar-refractivity contribution in [2.75, 3.05) is 5.32 Å². The number of H-pyrrole nitrogens is 1. The van der Waals surface area contributed by atoms with Crippen molar-refractivity contribution in [1.29, 1.82) is 0 Å². The van der Waals surface area contributed by atoms with Crippen LogP contribution < -0.4 is 5.32 Å². The fraction of sp³-hybridized carbons (Fsp3) is 0.0833. The van der Waals surface area contributed by atoms with Crippen LogP contribution in [0.1, 0.15) is 5.82 Å². The van der Waals surface area contributed by atoms with Crippen LogP contribution in [0, 0.1) is 6.92 Å². The summed E-state index contributed by atoms with van der Waals surface area (Å²) in [5.41, 5.74) is 2.48. The summed E-state index contributed by atoms with van der Waals surface area (Å²) in [5, 5.41) is 3.13. The van der Waals surface area contributed by atoms with Gasteiger partial charge in [-0.05, 0) is 19.1 Å². The first-order valence-corrected chi connectivity index (χ1v) is 5.33. The SMILES string of the molecule is Cc1nc2nc(Nc3ccccc3)ncc2[nH]1. The van der Waals surface area contributed by atoms with Gasteiger partial charge in [-0.15, -0.1) is 0 Å². The summed E-state index contributed by atoms with van der Waals surface area (Å²) >= 11 is 0. The molecule has 2 aromatic heterocycles. The highest BCUT2D eigenvalue weighted by atomic mass is 15.1. The van der Waals surface area contributed by atoms with E-state index in [4.69, 9.17) is 0 Å². The molecule has 0 saturated heterocycles. The molecule has 84 valence electrons. The second-order valence-corrected chi connectivity index (χ2v) is 3.74. The monoisotopic (exact) mass is 225 g/mol. The number of hydrogen-bond acceptors (Lipinski definition) is 4. The van der Waals surface area contributed by atoms with Gasteiger partial charge in [0.1, 0.15) is 11.3 Å². The number of rotatable bonds is 2. The number of nitrogens with one attached hydrogen (secondary N) is 2. The lowest BCUT2D eigenvalue weighted by Gasteiger charge is -2.02. The van der Waals surface area contributed by atoms with Crippen LogP contribution in [0.25, 0.3) is 11.2 Å². The number of aryl methyl sites for hydroxylation is 1. The van der Waals surface area contributed by atoms with Crippen molar-refractivity contribution in [2.45, 2.75) is 6.92 Å². The van der Waals surface area contributed by atoms with Crippen LogP contribution in [-0.4, -0.2) is 19.9 Å². The second-order valence-electron chi connectivity index (χ2n) is 3.74. The maximum absolute atomic E-state index is 4.33. The highest BCUT2D eigenvalue weighted by molar-refractivity contribution is 5.71. The Labute approximate surface area is 98.0 Å². The van der Waals surface area contributed by atoms with Gasteiger partial charge in [0.15, 0.2) is 5.65 Å². The minimum absolute atomic E-state index is 0.551. The molecule has 0 aliphatic heterocycles. The van der Waals surface area contributed by atoms with E-state index in [1.165, 1.54) is 0 Å². The Morgan fingerprint density at radius 1 is 1.12 bits per heavy atom. The Hall–Kier alpha value is -2.43. The van der Waals surface area contributed by atoms with E-state index in [1.807, 2.05) is 37.3 Å². The van der Waals surface area contributed by atoms with Crippen molar-refractivity contribution in [1.82, 2.24) is 19.9 Å². The van der Waals surface area contributed by atoms with E-state index in [-0.39, 0.29) is 0 Å². The maximum atomic E-state index is 4.33. The van der Waals surface area contributed by atoms with Gasteiger partial charge in [-0.25, -0.2) is 9.97 Å². The van der Waals surface area contributed by atoms with Crippen LogP contribution >= 0.6 is 0 Å². The van der Waals surface area contributed by atoms with Crippen LogP contribution in [0.5, 0.6) is 0 Å². The molecule has 0 radical (unpaired) electrons. The Morgan fingerprint density at radius 3 is 2.76 bits per heavy atom. The molecule has 0 spiro atoms. The molecule has 0 atom stereocenters. The first kappa shape index (κ1) is 9.77. The van der Waals surface area contributed by atoms with Crippen molar-refractivity contribution in [2.24, 2.45) is 0 Å². The fourth-order valence-corrected chi connectivity index (χ4v) is 1.64. The lowest BCUT2D eigenvalue weighted by molar-refractivity contribution is 1.16. The summed E-state index contributed by atoms with van der Waals surface area (Å²) in [7, 11) is 0. The lowest BCUT2D eigenvalue weighted by atomic mass is 10.3. The van der Waals surface area contributed by atoms with Crippen LogP contribution in [0.2, 0.25) is 0 Å². The van der Waals surface area contributed by atoms with Crippen LogP contribution in [0.15, 0.2) is 36.5 Å². The molecule has 2 N–H and O–H groups in total. The van der Waals surface area contributed by atoms with Crippen LogP contribution in [-0.2, 0) is 0 Å². The van der Waals surface area contributed by atoms with E-state index in [1.54, 1.807) is 6.20 Å². The predicted molar refractivity (Wildman–Crippen MR) is 66.1 cm³/mol. The van der Waals surface area contributed by atoms with Gasteiger partial charge in [0.05, 0.1) is 6.20 Å². The van der Waals surface area contributed by atoms with E-state index in [0.717, 1.165) is 17.0 Å². The molecule has 0 saturated carbocycles. The quantitative estimate of drug-likeness (QED) is 0.702. The fourth-order valence-electron chi connectivity index (χ4n) is 1.64. The molecular formula is C12H11N5. The molecule has 2 heterocycles. The van der Waals surface area contributed by atoms with Gasteiger partial charge >= 0.3 is 0 Å². The Morgan fingerprint density at radius 2 is 1.94 bits per heavy atom. The highest BCUT2D eigenvalue weighted by Crippen LogP contribution is 2.14. The zero-order valence-corrected chi connectivity index (χ0v) is 9.31. The molecule has 5 heteroatoms. The summed E-state index contributed by atoms with van der Waals surface area (Å²) in [6.45, 7) is 1.89. The van der Waals surface area contributed by atoms with Crippen LogP contribution in [0.4, 0.5) is 11.6 Å². The Bertz CT molecular complexity index is 644. The standard InChI is InChI=1S/C12H11N5/c1-8-14-10-7-13-12(17-11(10)15-8)16-9-5-3-2-4-6-9/h2-7H,1H3,(H2,13,14,15,16,17). The average Bonchev–Trinajstić information content (AvgIpc) is 2.70. The van der Waals surface area contributed by atoms with Crippen molar-refractivity contribution < 1.29 is 0 Å². The molecule has 3 aromatic rings. The smallest absolute Gasteiger partial charge is 0.229 e. The molecule has 3 rings (SSSR count). The summed E-state index contributed by atoms with van der Waals surface area (Å²) in [6.07, 6.45) is 1.73. The molecule has 0 fully saturated rings. The topological polar surface area (TPSA) is 66.5 Å². The third-order valence-electron chi connectivity index (χ3n) is 2.39. The minimum atomic E-state index is 0.551. The third-order valence-corrected chi connectivity index (χ3v) is 2.39. The van der Waals surface area contributed by atoms with Crippen molar-refractivity contribution in [3.05, 3.63) is 42.4 Å². The van der Waals surface area contributed by atoms with Crippen molar-refractivity contribution in [3.8, 4) is 0 Å². The van der Waals surface area contributed by atoms with Gasteiger partial charge in [-0.3, -0.25) is 0 Å². The number of anilines is 2. The van der Waals surface area contributed by atoms with Crippen molar-refractivity contribution in [3.63, 3.8) is 0 Å². The molecule has 0 unspecified atom stereocenters. The van der Waals surface area contributed by atoms with Crippen molar-refractivity contribution >= 4 is 22.8 Å². The molecular weight excluding hydrogens is 214 g/mol. The van der Waals surface area contributed by atoms with E-state index in [9.17, 15) is 0 Å². The Kier molecular flexibility index (Phi) is 2.22. The zero-order chi connectivity index (χ0) is 11.7. The molecule has 1 aromatic carbocycles. The molecule has 17 heavy (non-hydrogen) atoms. The summed E-state index contributed by atoms with van der Waals surface area (Å²) < 4.78 is 0. The number of para-hydroxylation sites is 1. The normalized spacial score (nSPS) is 10.6. The van der Waals surface area contributed by atoms with Crippen LogP contribution in [0.3, 0.4) is 0 Å². The van der Waals surface area contributed by atoms with E-state index in [0.29, 0.717) is 11.6 Å². The number of nitrogens with zero attached hydrogens (tertiary/aromatic N) is 3. The summed E-state index contributed by atoms with van der Waals surface area (Å²) in [5.74, 6) is 1.39. The molecule has 5 nitrogen and oxygen atoms in total. The van der Waals surface area contributed by atoms with Gasteiger partial charge in [-0.2, -0.15) is 4.98 Å². The largest absolute Gasteiger partial charge is 0.340 e. The number of hydrogen-bond donors (Lipinski definition) is 2. The predicted octanol–water partition coefficient (Wildman–Crippen LogP) is 2.40. The minimum Gasteiger partial charge on any atom is -0.340 e. The highest BCUT2D eigenvalue weighted by Gasteiger charge is 2.03. The lowest BCUT2D eigenvalue weighted by Crippen LogP contribution is -1.96. The van der Waals surface area contributed by atoms with E-state index < -0.39 is 0 Å². The first-order chi connectivity index (χ1) is 8.31. The third kappa shape index (κ3) is 1.94. The summed E-state index contributed by atoms with van der Waals surface area (Å²) in [6, 6.07) is 9.80. The zero-order valence-electron chi connectivity index (χ0n) is 9.31. The number of imidazole rings is 1. The van der Waals surface area contributed by atoms with Gasteiger partial charge in [0.25, 0.3) is 0 Å².